The van der Waals surface area contributed by atoms with Crippen molar-refractivity contribution in [1.82, 2.24) is 4.90 Å². The van der Waals surface area contributed by atoms with Crippen LogP contribution in [0.4, 0.5) is 0 Å². The van der Waals surface area contributed by atoms with Gasteiger partial charge < -0.3 is 10.5 Å². The van der Waals surface area contributed by atoms with Crippen molar-refractivity contribution in [2.75, 3.05) is 26.3 Å². The second kappa shape index (κ2) is 4.28. The summed E-state index contributed by atoms with van der Waals surface area (Å²) in [7, 11) is 0. The summed E-state index contributed by atoms with van der Waals surface area (Å²) in [5.41, 5.74) is 6.51. The zero-order chi connectivity index (χ0) is 11.8. The Balaban J connectivity index is 2.19. The van der Waals surface area contributed by atoms with Gasteiger partial charge in [-0.3, -0.25) is 4.90 Å². The van der Waals surface area contributed by atoms with Crippen LogP contribution in [0.25, 0.3) is 0 Å². The van der Waals surface area contributed by atoms with Crippen LogP contribution < -0.4 is 5.73 Å². The second-order valence-electron chi connectivity index (χ2n) is 6.19. The molecule has 16 heavy (non-hydrogen) atoms. The van der Waals surface area contributed by atoms with Gasteiger partial charge in [-0.25, -0.2) is 0 Å². The molecule has 2 rings (SSSR count). The van der Waals surface area contributed by atoms with Gasteiger partial charge in [0.15, 0.2) is 0 Å². The van der Waals surface area contributed by atoms with Gasteiger partial charge in [0.25, 0.3) is 0 Å². The highest BCUT2D eigenvalue weighted by molar-refractivity contribution is 5.03. The molecule has 2 atom stereocenters. The van der Waals surface area contributed by atoms with Crippen LogP contribution in [0, 0.1) is 5.92 Å². The van der Waals surface area contributed by atoms with Crippen molar-refractivity contribution in [3.8, 4) is 0 Å². The molecule has 2 aliphatic rings. The zero-order valence-electron chi connectivity index (χ0n) is 11.0. The summed E-state index contributed by atoms with van der Waals surface area (Å²) < 4.78 is 5.55. The van der Waals surface area contributed by atoms with Gasteiger partial charge in [-0.1, -0.05) is 0 Å². The SMILES string of the molecule is CC1(C)CCCN1C(C)(CN)C1CCOC1. The van der Waals surface area contributed by atoms with Gasteiger partial charge in [0.2, 0.25) is 0 Å². The van der Waals surface area contributed by atoms with Crippen LogP contribution in [-0.4, -0.2) is 42.3 Å². The maximum Gasteiger partial charge on any atom is 0.0513 e. The monoisotopic (exact) mass is 226 g/mol. The van der Waals surface area contributed by atoms with E-state index < -0.39 is 0 Å². The molecule has 0 aromatic carbocycles. The highest BCUT2D eigenvalue weighted by Gasteiger charge is 2.47. The molecule has 0 aromatic heterocycles. The fourth-order valence-electron chi connectivity index (χ4n) is 3.58. The lowest BCUT2D eigenvalue weighted by atomic mass is 9.81. The lowest BCUT2D eigenvalue weighted by molar-refractivity contribution is 0.000937. The van der Waals surface area contributed by atoms with Crippen molar-refractivity contribution in [2.24, 2.45) is 11.7 Å². The number of nitrogens with two attached hydrogens (primary N) is 1. The van der Waals surface area contributed by atoms with E-state index in [1.54, 1.807) is 0 Å². The van der Waals surface area contributed by atoms with E-state index in [4.69, 9.17) is 10.5 Å². The molecule has 0 saturated carbocycles. The molecule has 2 aliphatic heterocycles. The first-order chi connectivity index (χ1) is 7.50. The van der Waals surface area contributed by atoms with Gasteiger partial charge in [0.05, 0.1) is 6.61 Å². The standard InChI is InChI=1S/C13H26N2O/c1-12(2)6-4-7-15(12)13(3,10-14)11-5-8-16-9-11/h11H,4-10,14H2,1-3H3. The first-order valence-corrected chi connectivity index (χ1v) is 6.56. The molecule has 2 heterocycles. The summed E-state index contributed by atoms with van der Waals surface area (Å²) in [4.78, 5) is 2.64. The molecule has 2 N–H and O–H groups in total. The van der Waals surface area contributed by atoms with Crippen LogP contribution in [0.2, 0.25) is 0 Å². The molecular formula is C13H26N2O. The molecule has 0 aromatic rings. The lowest BCUT2D eigenvalue weighted by Crippen LogP contribution is -2.61. The minimum Gasteiger partial charge on any atom is -0.381 e. The third kappa shape index (κ3) is 1.89. The van der Waals surface area contributed by atoms with Gasteiger partial charge in [-0.05, 0) is 46.6 Å². The van der Waals surface area contributed by atoms with E-state index in [2.05, 4.69) is 25.7 Å². The number of nitrogens with zero attached hydrogens (tertiary/aromatic N) is 1. The van der Waals surface area contributed by atoms with Crippen molar-refractivity contribution in [2.45, 2.75) is 51.1 Å². The summed E-state index contributed by atoms with van der Waals surface area (Å²) >= 11 is 0. The van der Waals surface area contributed by atoms with Gasteiger partial charge >= 0.3 is 0 Å². The fraction of sp³-hybridized carbons (Fsp3) is 1.00. The van der Waals surface area contributed by atoms with Crippen LogP contribution in [-0.2, 0) is 4.74 Å². The largest absolute Gasteiger partial charge is 0.381 e. The number of rotatable bonds is 3. The summed E-state index contributed by atoms with van der Waals surface area (Å²) in [5, 5.41) is 0. The highest BCUT2D eigenvalue weighted by Crippen LogP contribution is 2.40. The van der Waals surface area contributed by atoms with Gasteiger partial charge in [-0.2, -0.15) is 0 Å². The number of hydrogen-bond acceptors (Lipinski definition) is 3. The quantitative estimate of drug-likeness (QED) is 0.794. The summed E-state index contributed by atoms with van der Waals surface area (Å²) in [6, 6.07) is 0. The average Bonchev–Trinajstić information content (AvgIpc) is 2.85. The van der Waals surface area contributed by atoms with Crippen molar-refractivity contribution < 1.29 is 4.74 Å². The Bertz CT molecular complexity index is 248. The van der Waals surface area contributed by atoms with E-state index in [0.29, 0.717) is 11.5 Å². The van der Waals surface area contributed by atoms with Crippen molar-refractivity contribution in [3.05, 3.63) is 0 Å². The molecule has 2 saturated heterocycles. The third-order valence-corrected chi connectivity index (χ3v) is 4.74. The van der Waals surface area contributed by atoms with Gasteiger partial charge in [-0.15, -0.1) is 0 Å². The molecular weight excluding hydrogens is 200 g/mol. The third-order valence-electron chi connectivity index (χ3n) is 4.74. The fourth-order valence-corrected chi connectivity index (χ4v) is 3.58. The Labute approximate surface area is 99.3 Å². The molecule has 2 fully saturated rings. The van der Waals surface area contributed by atoms with Crippen LogP contribution in [0.15, 0.2) is 0 Å². The Morgan fingerprint density at radius 1 is 1.50 bits per heavy atom. The Hall–Kier alpha value is -0.120. The molecule has 0 radical (unpaired) electrons. The summed E-state index contributed by atoms with van der Waals surface area (Å²) in [6.07, 6.45) is 3.76. The Morgan fingerprint density at radius 2 is 2.25 bits per heavy atom. The first kappa shape index (κ1) is 12.3. The molecule has 0 spiro atoms. The van der Waals surface area contributed by atoms with Gasteiger partial charge in [0.1, 0.15) is 0 Å². The molecule has 2 unspecified atom stereocenters. The molecule has 0 amide bonds. The van der Waals surface area contributed by atoms with E-state index in [0.717, 1.165) is 19.8 Å². The van der Waals surface area contributed by atoms with E-state index in [1.165, 1.54) is 25.8 Å². The lowest BCUT2D eigenvalue weighted by Gasteiger charge is -2.49. The highest BCUT2D eigenvalue weighted by atomic mass is 16.5. The van der Waals surface area contributed by atoms with Crippen molar-refractivity contribution >= 4 is 0 Å². The summed E-state index contributed by atoms with van der Waals surface area (Å²) in [5.74, 6) is 0.606. The first-order valence-electron chi connectivity index (χ1n) is 6.56. The van der Waals surface area contributed by atoms with E-state index >= 15 is 0 Å². The molecule has 3 nitrogen and oxygen atoms in total. The Kier molecular flexibility index (Phi) is 3.30. The van der Waals surface area contributed by atoms with Crippen LogP contribution in [0.3, 0.4) is 0 Å². The van der Waals surface area contributed by atoms with E-state index in [-0.39, 0.29) is 5.54 Å². The average molecular weight is 226 g/mol. The number of hydrogen-bond donors (Lipinski definition) is 1. The molecule has 94 valence electrons. The summed E-state index contributed by atoms with van der Waals surface area (Å²) in [6.45, 7) is 10.8. The molecule has 0 aliphatic carbocycles. The second-order valence-corrected chi connectivity index (χ2v) is 6.19. The minimum absolute atomic E-state index is 0.122. The molecule has 3 heteroatoms. The number of likely N-dealkylation sites (tertiary alicyclic amines) is 1. The predicted molar refractivity (Wildman–Crippen MR) is 66.4 cm³/mol. The zero-order valence-corrected chi connectivity index (χ0v) is 11.0. The Morgan fingerprint density at radius 3 is 2.69 bits per heavy atom. The van der Waals surface area contributed by atoms with Crippen LogP contribution in [0.1, 0.15) is 40.0 Å². The number of ether oxygens (including phenoxy) is 1. The normalized spacial score (nSPS) is 34.1. The predicted octanol–water partition coefficient (Wildman–Crippen LogP) is 1.61. The topological polar surface area (TPSA) is 38.5 Å². The minimum atomic E-state index is 0.122. The van der Waals surface area contributed by atoms with Crippen LogP contribution >= 0.6 is 0 Å². The van der Waals surface area contributed by atoms with Gasteiger partial charge in [0, 0.05) is 30.1 Å². The van der Waals surface area contributed by atoms with Crippen LogP contribution in [0.5, 0.6) is 0 Å². The van der Waals surface area contributed by atoms with Crippen molar-refractivity contribution in [3.63, 3.8) is 0 Å². The maximum atomic E-state index is 6.09. The smallest absolute Gasteiger partial charge is 0.0513 e. The van der Waals surface area contributed by atoms with E-state index in [1.807, 2.05) is 0 Å². The molecule has 0 bridgehead atoms. The van der Waals surface area contributed by atoms with E-state index in [9.17, 15) is 0 Å². The van der Waals surface area contributed by atoms with Crippen molar-refractivity contribution in [1.29, 1.82) is 0 Å². The maximum absolute atomic E-state index is 6.09.